The number of rotatable bonds is 6. The molecular weight excluding hydrogens is 282 g/mol. The lowest BCUT2D eigenvalue weighted by Crippen LogP contribution is -2.52. The third kappa shape index (κ3) is 5.95. The minimum atomic E-state index is -0.718. The third-order valence-corrected chi connectivity index (χ3v) is 3.39. The van der Waals surface area contributed by atoms with Crippen LogP contribution in [-0.4, -0.2) is 23.9 Å². The van der Waals surface area contributed by atoms with E-state index in [0.29, 0.717) is 13.0 Å². The maximum atomic E-state index is 12.1. The summed E-state index contributed by atoms with van der Waals surface area (Å²) < 4.78 is 0. The molecule has 0 unspecified atom stereocenters. The van der Waals surface area contributed by atoms with Gasteiger partial charge in [0.25, 0.3) is 5.91 Å². The van der Waals surface area contributed by atoms with Crippen molar-refractivity contribution in [3.05, 3.63) is 35.9 Å². The highest BCUT2D eigenvalue weighted by atomic mass is 16.2. The average Bonchev–Trinajstić information content (AvgIpc) is 2.50. The van der Waals surface area contributed by atoms with E-state index in [2.05, 4.69) is 16.0 Å². The van der Waals surface area contributed by atoms with Gasteiger partial charge in [0.2, 0.25) is 5.91 Å². The van der Waals surface area contributed by atoms with Crippen LogP contribution in [0, 0.1) is 5.92 Å². The molecule has 0 spiro atoms. The van der Waals surface area contributed by atoms with Crippen LogP contribution in [0.2, 0.25) is 0 Å². The lowest BCUT2D eigenvalue weighted by atomic mass is 9.98. The molecule has 0 aromatic heterocycles. The van der Waals surface area contributed by atoms with Crippen molar-refractivity contribution in [3.63, 3.8) is 0 Å². The fourth-order valence-corrected chi connectivity index (χ4v) is 1.93. The number of nitrogens with one attached hydrogen (secondary N) is 3. The van der Waals surface area contributed by atoms with E-state index < -0.39 is 18.0 Å². The Morgan fingerprint density at radius 1 is 1.14 bits per heavy atom. The molecule has 0 saturated carbocycles. The summed E-state index contributed by atoms with van der Waals surface area (Å²) in [6, 6.07) is 8.09. The van der Waals surface area contributed by atoms with Crippen LogP contribution in [0.15, 0.2) is 30.3 Å². The summed E-state index contributed by atoms with van der Waals surface area (Å²) in [7, 11) is 0. The Morgan fingerprint density at radius 3 is 2.32 bits per heavy atom. The lowest BCUT2D eigenvalue weighted by Gasteiger charge is -2.22. The van der Waals surface area contributed by atoms with E-state index in [0.717, 1.165) is 5.56 Å². The third-order valence-electron chi connectivity index (χ3n) is 3.39. The lowest BCUT2D eigenvalue weighted by molar-refractivity contribution is -0.128. The first-order valence-corrected chi connectivity index (χ1v) is 7.33. The number of benzene rings is 1. The molecule has 6 heteroatoms. The monoisotopic (exact) mass is 305 g/mol. The molecule has 1 aromatic rings. The second-order valence-electron chi connectivity index (χ2n) is 5.22. The van der Waals surface area contributed by atoms with Crippen LogP contribution < -0.4 is 16.0 Å². The van der Waals surface area contributed by atoms with E-state index in [9.17, 15) is 14.4 Å². The van der Waals surface area contributed by atoms with Crippen molar-refractivity contribution in [2.45, 2.75) is 39.8 Å². The number of carbonyl (C=O) groups excluding carboxylic acids is 3. The molecule has 0 radical (unpaired) electrons. The average molecular weight is 305 g/mol. The molecule has 1 aromatic carbocycles. The van der Waals surface area contributed by atoms with E-state index in [-0.39, 0.29) is 11.8 Å². The Bertz CT molecular complexity index is 517. The predicted octanol–water partition coefficient (Wildman–Crippen LogP) is 1.56. The van der Waals surface area contributed by atoms with Crippen LogP contribution in [0.3, 0.4) is 0 Å². The molecule has 0 aliphatic carbocycles. The van der Waals surface area contributed by atoms with Crippen LogP contribution in [0.1, 0.15) is 32.8 Å². The van der Waals surface area contributed by atoms with Gasteiger partial charge in [-0.05, 0) is 11.5 Å². The standard InChI is InChI=1S/C16H23N3O3/c1-4-11(2)14(18-12(3)20)15(21)19-16(22)17-10-13-8-6-5-7-9-13/h5-9,11,14H,4,10H2,1-3H3,(H,18,20)(H2,17,19,21,22)/t11-,14+/m1/s1. The normalized spacial score (nSPS) is 12.9. The SMILES string of the molecule is CC[C@@H](C)[C@H](NC(C)=O)C(=O)NC(=O)NCc1ccccc1. The number of hydrogen-bond acceptors (Lipinski definition) is 3. The van der Waals surface area contributed by atoms with Gasteiger partial charge in [0.1, 0.15) is 6.04 Å². The highest BCUT2D eigenvalue weighted by molar-refractivity contribution is 5.98. The van der Waals surface area contributed by atoms with E-state index >= 15 is 0 Å². The van der Waals surface area contributed by atoms with Gasteiger partial charge in [0.15, 0.2) is 0 Å². The molecular formula is C16H23N3O3. The van der Waals surface area contributed by atoms with Crippen molar-refractivity contribution in [1.29, 1.82) is 0 Å². The van der Waals surface area contributed by atoms with Crippen molar-refractivity contribution in [2.75, 3.05) is 0 Å². The van der Waals surface area contributed by atoms with Crippen LogP contribution in [0.5, 0.6) is 0 Å². The van der Waals surface area contributed by atoms with Crippen LogP contribution >= 0.6 is 0 Å². The number of amides is 4. The van der Waals surface area contributed by atoms with E-state index in [1.54, 1.807) is 0 Å². The van der Waals surface area contributed by atoms with Crippen molar-refractivity contribution in [2.24, 2.45) is 5.92 Å². The first-order chi connectivity index (χ1) is 10.4. The second-order valence-corrected chi connectivity index (χ2v) is 5.22. The summed E-state index contributed by atoms with van der Waals surface area (Å²) in [6.45, 7) is 5.44. The summed E-state index contributed by atoms with van der Waals surface area (Å²) in [5, 5.41) is 7.46. The molecule has 6 nitrogen and oxygen atoms in total. The second kappa shape index (κ2) is 8.81. The van der Waals surface area contributed by atoms with Gasteiger partial charge in [0.05, 0.1) is 0 Å². The van der Waals surface area contributed by atoms with Gasteiger partial charge in [-0.15, -0.1) is 0 Å². The summed E-state index contributed by atoms with van der Waals surface area (Å²) in [5.74, 6) is -0.869. The Morgan fingerprint density at radius 2 is 1.77 bits per heavy atom. The minimum absolute atomic E-state index is 0.0641. The fourth-order valence-electron chi connectivity index (χ4n) is 1.93. The zero-order valence-corrected chi connectivity index (χ0v) is 13.2. The predicted molar refractivity (Wildman–Crippen MR) is 83.9 cm³/mol. The molecule has 2 atom stereocenters. The van der Waals surface area contributed by atoms with Crippen LogP contribution in [-0.2, 0) is 16.1 Å². The van der Waals surface area contributed by atoms with Gasteiger partial charge in [-0.2, -0.15) is 0 Å². The molecule has 0 aliphatic rings. The summed E-state index contributed by atoms with van der Waals surface area (Å²) in [6.07, 6.45) is 0.712. The minimum Gasteiger partial charge on any atom is -0.344 e. The first-order valence-electron chi connectivity index (χ1n) is 7.33. The molecule has 0 aliphatic heterocycles. The molecule has 1 rings (SSSR count). The van der Waals surface area contributed by atoms with E-state index in [1.807, 2.05) is 44.2 Å². The van der Waals surface area contributed by atoms with Gasteiger partial charge in [0, 0.05) is 13.5 Å². The van der Waals surface area contributed by atoms with Crippen molar-refractivity contribution >= 4 is 17.8 Å². The van der Waals surface area contributed by atoms with Crippen molar-refractivity contribution in [1.82, 2.24) is 16.0 Å². The van der Waals surface area contributed by atoms with Crippen molar-refractivity contribution in [3.8, 4) is 0 Å². The quantitative estimate of drug-likeness (QED) is 0.745. The molecule has 4 amide bonds. The van der Waals surface area contributed by atoms with Gasteiger partial charge in [-0.25, -0.2) is 4.79 Å². The zero-order valence-electron chi connectivity index (χ0n) is 13.2. The highest BCUT2D eigenvalue weighted by Crippen LogP contribution is 2.08. The Hall–Kier alpha value is -2.37. The highest BCUT2D eigenvalue weighted by Gasteiger charge is 2.26. The van der Waals surface area contributed by atoms with Gasteiger partial charge >= 0.3 is 6.03 Å². The van der Waals surface area contributed by atoms with E-state index in [4.69, 9.17) is 0 Å². The molecule has 0 saturated heterocycles. The molecule has 0 bridgehead atoms. The van der Waals surface area contributed by atoms with Gasteiger partial charge in [-0.1, -0.05) is 50.6 Å². The Labute approximate surface area is 130 Å². The summed E-state index contributed by atoms with van der Waals surface area (Å²) in [4.78, 5) is 35.1. The Kier molecular flexibility index (Phi) is 7.08. The van der Waals surface area contributed by atoms with Gasteiger partial charge in [-0.3, -0.25) is 14.9 Å². The maximum absolute atomic E-state index is 12.1. The number of hydrogen-bond donors (Lipinski definition) is 3. The maximum Gasteiger partial charge on any atom is 0.321 e. The molecule has 0 fully saturated rings. The number of urea groups is 1. The first kappa shape index (κ1) is 17.7. The largest absolute Gasteiger partial charge is 0.344 e. The van der Waals surface area contributed by atoms with Gasteiger partial charge < -0.3 is 10.6 Å². The van der Waals surface area contributed by atoms with E-state index in [1.165, 1.54) is 6.92 Å². The van der Waals surface area contributed by atoms with Crippen molar-refractivity contribution < 1.29 is 14.4 Å². The summed E-state index contributed by atoms with van der Waals surface area (Å²) in [5.41, 5.74) is 0.936. The van der Waals surface area contributed by atoms with Crippen LogP contribution in [0.25, 0.3) is 0 Å². The number of imide groups is 1. The zero-order chi connectivity index (χ0) is 16.5. The smallest absolute Gasteiger partial charge is 0.321 e. The fraction of sp³-hybridized carbons (Fsp3) is 0.438. The van der Waals surface area contributed by atoms with Crippen LogP contribution in [0.4, 0.5) is 4.79 Å². The molecule has 120 valence electrons. The number of carbonyl (C=O) groups is 3. The molecule has 0 heterocycles. The molecule has 22 heavy (non-hydrogen) atoms. The summed E-state index contributed by atoms with van der Waals surface area (Å²) >= 11 is 0. The topological polar surface area (TPSA) is 87.3 Å². The Balaban J connectivity index is 2.53. The molecule has 3 N–H and O–H groups in total.